The molecule has 9 heteroatoms. The maximum Gasteiger partial charge on any atom is 0.309 e. The molecule has 8 nitrogen and oxygen atoms in total. The van der Waals surface area contributed by atoms with Crippen molar-refractivity contribution in [1.29, 1.82) is 0 Å². The van der Waals surface area contributed by atoms with Gasteiger partial charge in [0.15, 0.2) is 0 Å². The van der Waals surface area contributed by atoms with Gasteiger partial charge in [0.25, 0.3) is 11.5 Å². The van der Waals surface area contributed by atoms with E-state index in [1.54, 1.807) is 13.0 Å². The van der Waals surface area contributed by atoms with Crippen molar-refractivity contribution < 1.29 is 14.3 Å². The molecule has 2 aromatic heterocycles. The highest BCUT2D eigenvalue weighted by Gasteiger charge is 2.21. The Kier molecular flexibility index (Phi) is 7.93. The molecule has 0 fully saturated rings. The van der Waals surface area contributed by atoms with Crippen molar-refractivity contribution in [3.8, 4) is 35.0 Å². The van der Waals surface area contributed by atoms with Crippen LogP contribution in [0.1, 0.15) is 40.3 Å². The number of nitrogens with zero attached hydrogens (tertiary/aromatic N) is 1. The Hall–Kier alpha value is -4.42. The minimum absolute atomic E-state index is 0.0895. The highest BCUT2D eigenvalue weighted by molar-refractivity contribution is 8.00. The molecule has 4 rings (SSSR count). The summed E-state index contributed by atoms with van der Waals surface area (Å²) < 4.78 is 10.6. The molecule has 0 saturated carbocycles. The van der Waals surface area contributed by atoms with Crippen molar-refractivity contribution >= 4 is 40.4 Å². The number of rotatable bonds is 8. The number of nitrogens with one attached hydrogen (secondary N) is 3. The Bertz CT molecular complexity index is 1620. The van der Waals surface area contributed by atoms with E-state index in [0.717, 1.165) is 27.1 Å². The lowest BCUT2D eigenvalue weighted by Gasteiger charge is -2.17. The molecule has 0 unspecified atom stereocenters. The molecule has 0 radical (unpaired) electrons. The first-order chi connectivity index (χ1) is 18.3. The number of hydrogen-bond acceptors (Lipinski definition) is 6. The van der Waals surface area contributed by atoms with Crippen molar-refractivity contribution in [1.82, 2.24) is 14.9 Å². The summed E-state index contributed by atoms with van der Waals surface area (Å²) in [6.45, 7) is 8.17. The number of aromatic nitrogens is 2. The highest BCUT2D eigenvalue weighted by Crippen LogP contribution is 2.40. The minimum atomic E-state index is -0.819. The summed E-state index contributed by atoms with van der Waals surface area (Å²) in [7, 11) is 0. The lowest BCUT2D eigenvalue weighted by molar-refractivity contribution is 0.0950. The number of fused-ring (bicyclic) bond motifs is 1. The second kappa shape index (κ2) is 11.3. The number of ether oxygens (including phenoxy) is 1. The topological polar surface area (TPSA) is 105 Å². The summed E-state index contributed by atoms with van der Waals surface area (Å²) in [6.07, 6.45) is 6.78. The van der Waals surface area contributed by atoms with Crippen molar-refractivity contribution in [3.63, 3.8) is 0 Å². The van der Waals surface area contributed by atoms with Gasteiger partial charge in [-0.05, 0) is 62.1 Å². The fourth-order valence-corrected chi connectivity index (χ4v) is 4.58. The number of pyridine rings is 1. The average Bonchev–Trinajstić information content (AvgIpc) is 3.36. The predicted octanol–water partition coefficient (Wildman–Crippen LogP) is 5.51. The van der Waals surface area contributed by atoms with Crippen LogP contribution in [0.4, 0.5) is 5.69 Å². The van der Waals surface area contributed by atoms with Crippen LogP contribution in [0, 0.1) is 26.2 Å². The maximum absolute atomic E-state index is 13.2. The molecule has 1 amide bonds. The van der Waals surface area contributed by atoms with E-state index in [4.69, 9.17) is 11.2 Å². The third-order valence-corrected chi connectivity index (χ3v) is 6.62. The van der Waals surface area contributed by atoms with Gasteiger partial charge in [-0.1, -0.05) is 37.1 Å². The number of amides is 1. The summed E-state index contributed by atoms with van der Waals surface area (Å²) in [5, 5.41) is 3.19. The quantitative estimate of drug-likeness (QED) is 0.206. The molecule has 2 aromatic carbocycles. The second-order valence-electron chi connectivity index (χ2n) is 8.57. The average molecular weight is 529 g/mol. The zero-order valence-electron chi connectivity index (χ0n) is 21.6. The fourth-order valence-electron chi connectivity index (χ4n) is 4.15. The Morgan fingerprint density at radius 1 is 1.11 bits per heavy atom. The monoisotopic (exact) mass is 528 g/mol. The summed E-state index contributed by atoms with van der Waals surface area (Å²) >= 11 is 1.53. The number of anilines is 1. The van der Waals surface area contributed by atoms with Gasteiger partial charge in [0, 0.05) is 40.7 Å². The van der Waals surface area contributed by atoms with E-state index in [2.05, 4.69) is 15.0 Å². The molecule has 0 aliphatic rings. The fraction of sp³-hybridized carbons (Fsp3) is 0.207. The van der Waals surface area contributed by atoms with Gasteiger partial charge in [-0.2, -0.15) is 0 Å². The van der Waals surface area contributed by atoms with E-state index < -0.39 is 11.5 Å². The normalized spacial score (nSPS) is 10.7. The molecular formula is C29H28N4O4S. The molecule has 194 valence electrons. The van der Waals surface area contributed by atoms with Crippen molar-refractivity contribution in [2.45, 2.75) is 27.7 Å². The number of carbonyl (C=O) groups is 2. The zero-order chi connectivity index (χ0) is 27.4. The van der Waals surface area contributed by atoms with Crippen molar-refractivity contribution in [2.75, 3.05) is 17.0 Å². The summed E-state index contributed by atoms with van der Waals surface area (Å²) in [5.74, 6) is 2.88. The molecule has 2 heterocycles. The molecule has 38 heavy (non-hydrogen) atoms. The van der Waals surface area contributed by atoms with Crippen LogP contribution < -0.4 is 20.3 Å². The van der Waals surface area contributed by atoms with Crippen LogP contribution in [0.5, 0.6) is 11.5 Å². The van der Waals surface area contributed by atoms with Gasteiger partial charge in [-0.25, -0.2) is 4.57 Å². The van der Waals surface area contributed by atoms with Gasteiger partial charge in [0.2, 0.25) is 0 Å². The van der Waals surface area contributed by atoms with Gasteiger partial charge in [0.1, 0.15) is 22.7 Å². The predicted molar refractivity (Wildman–Crippen MR) is 153 cm³/mol. The van der Waals surface area contributed by atoms with E-state index in [-0.39, 0.29) is 17.1 Å². The van der Waals surface area contributed by atoms with Gasteiger partial charge in [0.05, 0.1) is 0 Å². The van der Waals surface area contributed by atoms with Crippen molar-refractivity contribution in [2.24, 2.45) is 0 Å². The Balaban J connectivity index is 2.02. The summed E-state index contributed by atoms with van der Waals surface area (Å²) in [6, 6.07) is 13.1. The first kappa shape index (κ1) is 26.6. The number of aryl methyl sites for hydroxylation is 2. The number of carbonyl (C=O) groups excluding carboxylic acids is 2. The molecule has 0 aliphatic carbocycles. The molecule has 0 spiro atoms. The maximum atomic E-state index is 13.2. The molecule has 3 N–H and O–H groups in total. The second-order valence-corrected chi connectivity index (χ2v) is 9.64. The van der Waals surface area contributed by atoms with Crippen LogP contribution in [-0.2, 0) is 0 Å². The van der Waals surface area contributed by atoms with E-state index in [0.29, 0.717) is 34.6 Å². The molecule has 0 aliphatic heterocycles. The van der Waals surface area contributed by atoms with Crippen molar-refractivity contribution in [3.05, 3.63) is 75.8 Å². The van der Waals surface area contributed by atoms with E-state index in [9.17, 15) is 14.4 Å². The van der Waals surface area contributed by atoms with E-state index in [1.807, 2.05) is 63.1 Å². The Morgan fingerprint density at radius 2 is 1.84 bits per heavy atom. The van der Waals surface area contributed by atoms with Gasteiger partial charge in [-0.15, -0.1) is 6.42 Å². The first-order valence-corrected chi connectivity index (χ1v) is 13.1. The molecule has 0 atom stereocenters. The van der Waals surface area contributed by atoms with Gasteiger partial charge in [-0.3, -0.25) is 14.4 Å². The lowest BCUT2D eigenvalue weighted by Crippen LogP contribution is -2.26. The summed E-state index contributed by atoms with van der Waals surface area (Å²) in [4.78, 5) is 41.3. The number of benzene rings is 2. The minimum Gasteiger partial charge on any atom is -0.456 e. The number of para-hydroxylation sites is 1. The number of terminal acetylenes is 1. The smallest absolute Gasteiger partial charge is 0.309 e. The van der Waals surface area contributed by atoms with Gasteiger partial charge >= 0.3 is 5.91 Å². The Morgan fingerprint density at radius 3 is 2.50 bits per heavy atom. The number of aromatic amines is 1. The lowest BCUT2D eigenvalue weighted by atomic mass is 10.0. The van der Waals surface area contributed by atoms with Crippen LogP contribution in [0.3, 0.4) is 0 Å². The van der Waals surface area contributed by atoms with E-state index >= 15 is 0 Å². The Labute approximate surface area is 224 Å². The third-order valence-electron chi connectivity index (χ3n) is 5.95. The molecular weight excluding hydrogens is 500 g/mol. The standard InChI is InChI=1S/C29H28N4O4S/c1-6-25(34)33-16-22(21-15-23(28(35)30-7-2)31-26(21)29(33)36)20-14-19(32-38-8-3)12-13-24(20)37-27-17(4)10-9-11-18(27)5/h1,9-16,31-32H,7-8H2,2-5H3,(H,30,35). The first-order valence-electron chi connectivity index (χ1n) is 12.1. The van der Waals surface area contributed by atoms with E-state index in [1.165, 1.54) is 18.1 Å². The number of hydrogen-bond donors (Lipinski definition) is 3. The van der Waals surface area contributed by atoms with Gasteiger partial charge < -0.3 is 19.8 Å². The van der Waals surface area contributed by atoms with Crippen LogP contribution in [0.15, 0.2) is 53.5 Å². The molecule has 0 saturated heterocycles. The largest absolute Gasteiger partial charge is 0.456 e. The van der Waals surface area contributed by atoms with Crippen LogP contribution in [0.25, 0.3) is 22.0 Å². The third kappa shape index (κ3) is 5.17. The SMILES string of the molecule is C#CC(=O)n1cc(-c2cc(NSCC)ccc2Oc2c(C)cccc2C)c2cc(C(=O)NCC)[nH]c2c1=O. The summed E-state index contributed by atoms with van der Waals surface area (Å²) in [5.41, 5.74) is 3.46. The van der Waals surface area contributed by atoms with Crippen LogP contribution in [-0.4, -0.2) is 33.7 Å². The van der Waals surface area contributed by atoms with Crippen LogP contribution >= 0.6 is 11.9 Å². The highest BCUT2D eigenvalue weighted by atomic mass is 32.2. The zero-order valence-corrected chi connectivity index (χ0v) is 22.4. The van der Waals surface area contributed by atoms with Crippen LogP contribution in [0.2, 0.25) is 0 Å². The molecule has 0 bridgehead atoms. The number of H-pyrrole nitrogens is 1. The molecule has 4 aromatic rings.